The van der Waals surface area contributed by atoms with Gasteiger partial charge in [-0.05, 0) is 15.9 Å². The van der Waals surface area contributed by atoms with Gasteiger partial charge in [-0.3, -0.25) is 4.40 Å². The highest BCUT2D eigenvalue weighted by atomic mass is 79.9. The first-order valence-electron chi connectivity index (χ1n) is 7.61. The Morgan fingerprint density at radius 1 is 1.04 bits per heavy atom. The molecule has 0 aliphatic heterocycles. The molecule has 0 aliphatic carbocycles. The molecule has 25 heavy (non-hydrogen) atoms. The zero-order valence-electron chi connectivity index (χ0n) is 15.0. The second kappa shape index (κ2) is 5.98. The SMILES string of the molecule is CC(C)(C)c1nc2nc(N(C(=O)O)C(=O)O)cc(C(C)(C)C)n2c1Br. The van der Waals surface area contributed by atoms with Crippen LogP contribution in [0.4, 0.5) is 15.4 Å². The van der Waals surface area contributed by atoms with Crippen LogP contribution in [-0.2, 0) is 10.8 Å². The Morgan fingerprint density at radius 2 is 1.56 bits per heavy atom. The van der Waals surface area contributed by atoms with E-state index in [0.29, 0.717) is 5.69 Å². The largest absolute Gasteiger partial charge is 0.464 e. The molecule has 2 amide bonds. The number of anilines is 1. The maximum atomic E-state index is 11.3. The standard InChI is InChI=1S/C16H21BrN4O4/c1-15(2,3)8-7-9(21(13(22)23)14(24)25)18-12-19-10(16(4,5)6)11(17)20(8)12/h7H,1-6H3,(H,22,23)(H,24,25). The minimum absolute atomic E-state index is 0.189. The zero-order chi connectivity index (χ0) is 19.3. The molecule has 136 valence electrons. The van der Waals surface area contributed by atoms with Gasteiger partial charge in [0.2, 0.25) is 5.78 Å². The molecule has 0 saturated heterocycles. The van der Waals surface area contributed by atoms with Gasteiger partial charge in [0, 0.05) is 22.6 Å². The van der Waals surface area contributed by atoms with Crippen molar-refractivity contribution in [1.82, 2.24) is 14.4 Å². The van der Waals surface area contributed by atoms with Crippen molar-refractivity contribution in [3.05, 3.63) is 22.1 Å². The second-order valence-corrected chi connectivity index (χ2v) is 8.54. The fourth-order valence-electron chi connectivity index (χ4n) is 2.42. The minimum Gasteiger partial charge on any atom is -0.464 e. The van der Waals surface area contributed by atoms with E-state index in [4.69, 9.17) is 0 Å². The monoisotopic (exact) mass is 412 g/mol. The first-order valence-corrected chi connectivity index (χ1v) is 8.40. The highest BCUT2D eigenvalue weighted by molar-refractivity contribution is 9.10. The third kappa shape index (κ3) is 3.46. The van der Waals surface area contributed by atoms with E-state index in [2.05, 4.69) is 25.9 Å². The number of amides is 2. The Balaban J connectivity index is 2.91. The zero-order valence-corrected chi connectivity index (χ0v) is 16.5. The van der Waals surface area contributed by atoms with Crippen molar-refractivity contribution in [2.75, 3.05) is 4.90 Å². The Labute approximate surface area is 153 Å². The molecular formula is C16H21BrN4O4. The number of imidazole rings is 1. The number of nitrogens with zero attached hydrogens (tertiary/aromatic N) is 4. The summed E-state index contributed by atoms with van der Waals surface area (Å²) in [6, 6.07) is 1.47. The Bertz CT molecular complexity index is 848. The van der Waals surface area contributed by atoms with Crippen LogP contribution in [0.25, 0.3) is 5.78 Å². The third-order valence-corrected chi connectivity index (χ3v) is 4.35. The number of carbonyl (C=O) groups is 2. The predicted octanol–water partition coefficient (Wildman–Crippen LogP) is 4.25. The molecule has 2 aromatic heterocycles. The Hall–Kier alpha value is -2.16. The van der Waals surface area contributed by atoms with E-state index in [9.17, 15) is 19.8 Å². The van der Waals surface area contributed by atoms with Crippen LogP contribution >= 0.6 is 15.9 Å². The van der Waals surface area contributed by atoms with Crippen molar-refractivity contribution in [3.63, 3.8) is 0 Å². The summed E-state index contributed by atoms with van der Waals surface area (Å²) in [5, 5.41) is 18.4. The molecular weight excluding hydrogens is 392 g/mol. The van der Waals surface area contributed by atoms with Crippen LogP contribution in [0.15, 0.2) is 10.7 Å². The lowest BCUT2D eigenvalue weighted by atomic mass is 9.91. The summed E-state index contributed by atoms with van der Waals surface area (Å²) in [5.74, 6) is 0.0436. The van der Waals surface area contributed by atoms with Gasteiger partial charge >= 0.3 is 12.2 Å². The normalized spacial score (nSPS) is 12.4. The van der Waals surface area contributed by atoms with Crippen LogP contribution < -0.4 is 4.90 Å². The van der Waals surface area contributed by atoms with E-state index in [1.807, 2.05) is 41.5 Å². The highest BCUT2D eigenvalue weighted by Gasteiger charge is 2.31. The summed E-state index contributed by atoms with van der Waals surface area (Å²) < 4.78 is 2.50. The smallest absolute Gasteiger partial charge is 0.422 e. The topological polar surface area (TPSA) is 108 Å². The number of hydrogen-bond donors (Lipinski definition) is 2. The number of hydrogen-bond acceptors (Lipinski definition) is 4. The molecule has 2 N–H and O–H groups in total. The van der Waals surface area contributed by atoms with Gasteiger partial charge in [-0.25, -0.2) is 14.6 Å². The van der Waals surface area contributed by atoms with Gasteiger partial charge in [0.1, 0.15) is 4.60 Å². The van der Waals surface area contributed by atoms with Crippen LogP contribution in [0.1, 0.15) is 52.9 Å². The summed E-state index contributed by atoms with van der Waals surface area (Å²) in [4.78, 5) is 31.6. The molecule has 0 bridgehead atoms. The van der Waals surface area contributed by atoms with Gasteiger partial charge < -0.3 is 10.2 Å². The van der Waals surface area contributed by atoms with E-state index in [0.717, 1.165) is 10.3 Å². The molecule has 2 heterocycles. The number of aromatic nitrogens is 3. The number of imide groups is 1. The third-order valence-electron chi connectivity index (χ3n) is 3.62. The van der Waals surface area contributed by atoms with Gasteiger partial charge in [-0.2, -0.15) is 9.88 Å². The first-order chi connectivity index (χ1) is 11.2. The maximum absolute atomic E-state index is 11.3. The van der Waals surface area contributed by atoms with E-state index in [1.165, 1.54) is 6.07 Å². The first kappa shape index (κ1) is 19.2. The molecule has 0 aliphatic rings. The number of carboxylic acid groups (broad SMARTS) is 2. The van der Waals surface area contributed by atoms with Crippen molar-refractivity contribution in [1.29, 1.82) is 0 Å². The van der Waals surface area contributed by atoms with Gasteiger partial charge in [0.25, 0.3) is 0 Å². The van der Waals surface area contributed by atoms with Crippen LogP contribution in [0, 0.1) is 0 Å². The van der Waals surface area contributed by atoms with Crippen LogP contribution in [0.3, 0.4) is 0 Å². The number of halogens is 1. The lowest BCUT2D eigenvalue weighted by molar-refractivity contribution is 0.184. The molecule has 0 saturated carbocycles. The van der Waals surface area contributed by atoms with Crippen molar-refractivity contribution in [3.8, 4) is 0 Å². The highest BCUT2D eigenvalue weighted by Crippen LogP contribution is 2.34. The molecule has 8 nitrogen and oxygen atoms in total. The molecule has 0 unspecified atom stereocenters. The van der Waals surface area contributed by atoms with Crippen molar-refractivity contribution >= 4 is 39.7 Å². The summed E-state index contributed by atoms with van der Waals surface area (Å²) >= 11 is 3.56. The van der Waals surface area contributed by atoms with E-state index in [-0.39, 0.29) is 21.9 Å². The minimum atomic E-state index is -1.62. The molecule has 0 radical (unpaired) electrons. The number of rotatable bonds is 1. The van der Waals surface area contributed by atoms with Crippen molar-refractivity contribution < 1.29 is 19.8 Å². The molecule has 2 aromatic rings. The fraction of sp³-hybridized carbons (Fsp3) is 0.500. The maximum Gasteiger partial charge on any atom is 0.422 e. The average molecular weight is 413 g/mol. The average Bonchev–Trinajstić information content (AvgIpc) is 2.73. The molecule has 9 heteroatoms. The van der Waals surface area contributed by atoms with Gasteiger partial charge in [0.15, 0.2) is 5.82 Å². The lowest BCUT2D eigenvalue weighted by Gasteiger charge is -2.23. The Kier molecular flexibility index (Phi) is 4.58. The molecule has 0 fully saturated rings. The molecule has 0 spiro atoms. The Morgan fingerprint density at radius 3 is 1.96 bits per heavy atom. The second-order valence-electron chi connectivity index (χ2n) is 7.79. The summed E-state index contributed by atoms with van der Waals surface area (Å²) in [5.41, 5.74) is 0.757. The van der Waals surface area contributed by atoms with Crippen LogP contribution in [0.2, 0.25) is 0 Å². The van der Waals surface area contributed by atoms with E-state index in [1.54, 1.807) is 4.40 Å². The summed E-state index contributed by atoms with van der Waals surface area (Å²) in [6.45, 7) is 11.8. The molecule has 2 rings (SSSR count). The van der Waals surface area contributed by atoms with Gasteiger partial charge in [0.05, 0.1) is 5.69 Å². The molecule has 0 aromatic carbocycles. The van der Waals surface area contributed by atoms with E-state index < -0.39 is 17.6 Å². The molecule has 0 atom stereocenters. The summed E-state index contributed by atoms with van der Waals surface area (Å²) in [6.07, 6.45) is -3.24. The van der Waals surface area contributed by atoms with Gasteiger partial charge in [-0.1, -0.05) is 41.5 Å². The van der Waals surface area contributed by atoms with Gasteiger partial charge in [-0.15, -0.1) is 0 Å². The van der Waals surface area contributed by atoms with E-state index >= 15 is 0 Å². The predicted molar refractivity (Wildman–Crippen MR) is 96.6 cm³/mol. The van der Waals surface area contributed by atoms with Crippen LogP contribution in [-0.4, -0.2) is 36.8 Å². The fourth-order valence-corrected chi connectivity index (χ4v) is 3.45. The summed E-state index contributed by atoms with van der Waals surface area (Å²) in [7, 11) is 0. The lowest BCUT2D eigenvalue weighted by Crippen LogP contribution is -2.35. The van der Waals surface area contributed by atoms with Crippen molar-refractivity contribution in [2.24, 2.45) is 0 Å². The van der Waals surface area contributed by atoms with Crippen LogP contribution in [0.5, 0.6) is 0 Å². The van der Waals surface area contributed by atoms with Crippen molar-refractivity contribution in [2.45, 2.75) is 52.4 Å². The quantitative estimate of drug-likeness (QED) is 0.724. The number of fused-ring (bicyclic) bond motifs is 1.